The zero-order valence-corrected chi connectivity index (χ0v) is 13.8. The van der Waals surface area contributed by atoms with Crippen LogP contribution >= 0.6 is 0 Å². The Balaban J connectivity index is 1.50. The van der Waals surface area contributed by atoms with Crippen LogP contribution in [0.15, 0.2) is 0 Å². The SMILES string of the molecule is CCC1CCCC(C(NN)C2C3CC4CC(C3)CC2C4)C1. The zero-order chi connectivity index (χ0) is 14.4. The number of nitrogens with two attached hydrogens (primary N) is 1. The lowest BCUT2D eigenvalue weighted by atomic mass is 9.49. The number of rotatable bonds is 4. The Bertz CT molecular complexity index is 339. The van der Waals surface area contributed by atoms with Crippen LogP contribution in [0.1, 0.15) is 71.1 Å². The Morgan fingerprint density at radius 3 is 2.19 bits per heavy atom. The molecule has 120 valence electrons. The van der Waals surface area contributed by atoms with Gasteiger partial charge >= 0.3 is 0 Å². The van der Waals surface area contributed by atoms with Crippen molar-refractivity contribution in [3.63, 3.8) is 0 Å². The summed E-state index contributed by atoms with van der Waals surface area (Å²) >= 11 is 0. The molecule has 2 heteroatoms. The van der Waals surface area contributed by atoms with Gasteiger partial charge in [0.15, 0.2) is 0 Å². The molecule has 5 saturated carbocycles. The molecule has 0 aromatic heterocycles. The average molecular weight is 290 g/mol. The normalized spacial score (nSPS) is 50.3. The van der Waals surface area contributed by atoms with Crippen molar-refractivity contribution >= 4 is 0 Å². The predicted molar refractivity (Wildman–Crippen MR) is 87.4 cm³/mol. The first-order valence-electron chi connectivity index (χ1n) is 9.74. The van der Waals surface area contributed by atoms with Crippen LogP contribution in [0.4, 0.5) is 0 Å². The first kappa shape index (κ1) is 14.5. The van der Waals surface area contributed by atoms with E-state index in [4.69, 9.17) is 5.84 Å². The van der Waals surface area contributed by atoms with E-state index in [-0.39, 0.29) is 0 Å². The number of hydrazine groups is 1. The van der Waals surface area contributed by atoms with Crippen molar-refractivity contribution in [3.8, 4) is 0 Å². The molecule has 5 fully saturated rings. The van der Waals surface area contributed by atoms with Crippen molar-refractivity contribution < 1.29 is 0 Å². The Hall–Kier alpha value is -0.0800. The van der Waals surface area contributed by atoms with Crippen LogP contribution in [-0.2, 0) is 0 Å². The van der Waals surface area contributed by atoms with Gasteiger partial charge in [-0.1, -0.05) is 26.2 Å². The van der Waals surface area contributed by atoms with Gasteiger partial charge in [0.2, 0.25) is 0 Å². The number of hydrogen-bond acceptors (Lipinski definition) is 2. The maximum Gasteiger partial charge on any atom is 0.0272 e. The molecule has 5 aliphatic rings. The highest BCUT2D eigenvalue weighted by molar-refractivity contribution is 5.03. The van der Waals surface area contributed by atoms with Gasteiger partial charge in [-0.2, -0.15) is 0 Å². The van der Waals surface area contributed by atoms with Gasteiger partial charge in [-0.3, -0.25) is 11.3 Å². The minimum atomic E-state index is 0.620. The predicted octanol–water partition coefficient (Wildman–Crippen LogP) is 4.11. The average Bonchev–Trinajstić information content (AvgIpc) is 2.50. The highest BCUT2D eigenvalue weighted by Gasteiger charge is 2.51. The molecule has 0 radical (unpaired) electrons. The van der Waals surface area contributed by atoms with Crippen molar-refractivity contribution in [3.05, 3.63) is 0 Å². The molecule has 3 unspecified atom stereocenters. The van der Waals surface area contributed by atoms with E-state index in [1.54, 1.807) is 6.42 Å². The Kier molecular flexibility index (Phi) is 4.04. The second-order valence-corrected chi connectivity index (χ2v) is 8.90. The van der Waals surface area contributed by atoms with E-state index >= 15 is 0 Å². The first-order chi connectivity index (χ1) is 10.3. The molecular formula is C19H34N2. The Morgan fingerprint density at radius 1 is 0.952 bits per heavy atom. The molecule has 0 saturated heterocycles. The monoisotopic (exact) mass is 290 g/mol. The van der Waals surface area contributed by atoms with E-state index in [0.29, 0.717) is 6.04 Å². The van der Waals surface area contributed by atoms with Crippen molar-refractivity contribution in [2.45, 2.75) is 77.2 Å². The van der Waals surface area contributed by atoms with E-state index in [1.807, 2.05) is 0 Å². The summed E-state index contributed by atoms with van der Waals surface area (Å²) < 4.78 is 0. The summed E-state index contributed by atoms with van der Waals surface area (Å²) in [5.74, 6) is 13.0. The molecule has 0 aliphatic heterocycles. The second-order valence-electron chi connectivity index (χ2n) is 8.90. The van der Waals surface area contributed by atoms with Crippen LogP contribution in [0.2, 0.25) is 0 Å². The molecule has 2 nitrogen and oxygen atoms in total. The molecule has 0 aromatic rings. The van der Waals surface area contributed by atoms with Crippen LogP contribution in [0.3, 0.4) is 0 Å². The van der Waals surface area contributed by atoms with Gasteiger partial charge < -0.3 is 0 Å². The van der Waals surface area contributed by atoms with Gasteiger partial charge in [0, 0.05) is 6.04 Å². The standard InChI is InChI=1S/C19H34N2/c1-2-12-4-3-5-15(7-12)19(21-20)18-16-8-13-6-14(10-16)11-17(18)9-13/h12-19,21H,2-11,20H2,1H3. The van der Waals surface area contributed by atoms with Crippen LogP contribution in [0.25, 0.3) is 0 Å². The quantitative estimate of drug-likeness (QED) is 0.604. The summed E-state index contributed by atoms with van der Waals surface area (Å²) in [7, 11) is 0. The summed E-state index contributed by atoms with van der Waals surface area (Å²) in [6.07, 6.45) is 14.8. The van der Waals surface area contributed by atoms with Crippen molar-refractivity contribution in [2.75, 3.05) is 0 Å². The molecule has 4 bridgehead atoms. The van der Waals surface area contributed by atoms with Crippen molar-refractivity contribution in [1.82, 2.24) is 5.43 Å². The van der Waals surface area contributed by atoms with E-state index in [0.717, 1.165) is 41.4 Å². The fraction of sp³-hybridized carbons (Fsp3) is 1.00. The second kappa shape index (κ2) is 5.85. The molecule has 5 rings (SSSR count). The third-order valence-corrected chi connectivity index (χ3v) is 7.82. The van der Waals surface area contributed by atoms with Crippen LogP contribution in [0.5, 0.6) is 0 Å². The van der Waals surface area contributed by atoms with E-state index < -0.39 is 0 Å². The maximum atomic E-state index is 6.12. The lowest BCUT2D eigenvalue weighted by Gasteiger charge is -2.57. The van der Waals surface area contributed by atoms with E-state index in [9.17, 15) is 0 Å². The summed E-state index contributed by atoms with van der Waals surface area (Å²) in [4.78, 5) is 0. The molecule has 0 amide bonds. The smallest absolute Gasteiger partial charge is 0.0272 e. The number of hydrogen-bond donors (Lipinski definition) is 2. The fourth-order valence-electron chi connectivity index (χ4n) is 7.14. The van der Waals surface area contributed by atoms with Crippen LogP contribution < -0.4 is 11.3 Å². The molecule has 0 spiro atoms. The van der Waals surface area contributed by atoms with Crippen molar-refractivity contribution in [1.29, 1.82) is 0 Å². The maximum absolute atomic E-state index is 6.12. The lowest BCUT2D eigenvalue weighted by Crippen LogP contribution is -2.57. The summed E-state index contributed by atoms with van der Waals surface area (Å²) in [6.45, 7) is 2.38. The third kappa shape index (κ3) is 2.57. The Morgan fingerprint density at radius 2 is 1.62 bits per heavy atom. The zero-order valence-electron chi connectivity index (χ0n) is 13.8. The van der Waals surface area contributed by atoms with Gasteiger partial charge in [0.25, 0.3) is 0 Å². The van der Waals surface area contributed by atoms with Gasteiger partial charge in [-0.25, -0.2) is 0 Å². The van der Waals surface area contributed by atoms with E-state index in [1.165, 1.54) is 57.8 Å². The third-order valence-electron chi connectivity index (χ3n) is 7.82. The molecule has 0 heterocycles. The fourth-order valence-corrected chi connectivity index (χ4v) is 7.14. The molecule has 5 aliphatic carbocycles. The molecule has 21 heavy (non-hydrogen) atoms. The highest BCUT2D eigenvalue weighted by atomic mass is 15.2. The van der Waals surface area contributed by atoms with Gasteiger partial charge in [0.05, 0.1) is 0 Å². The number of nitrogens with one attached hydrogen (secondary N) is 1. The van der Waals surface area contributed by atoms with Crippen LogP contribution in [-0.4, -0.2) is 6.04 Å². The topological polar surface area (TPSA) is 38.0 Å². The lowest BCUT2D eigenvalue weighted by molar-refractivity contribution is -0.0647. The minimum Gasteiger partial charge on any atom is -0.271 e. The van der Waals surface area contributed by atoms with Gasteiger partial charge in [0.1, 0.15) is 0 Å². The Labute approximate surface area is 130 Å². The van der Waals surface area contributed by atoms with Gasteiger partial charge in [-0.05, 0) is 86.4 Å². The van der Waals surface area contributed by atoms with Crippen molar-refractivity contribution in [2.24, 2.45) is 47.3 Å². The summed E-state index contributed by atoms with van der Waals surface area (Å²) in [5, 5.41) is 0. The largest absolute Gasteiger partial charge is 0.271 e. The summed E-state index contributed by atoms with van der Waals surface area (Å²) in [5.41, 5.74) is 3.34. The first-order valence-corrected chi connectivity index (χ1v) is 9.74. The molecule has 3 atom stereocenters. The molecule has 0 aromatic carbocycles. The van der Waals surface area contributed by atoms with E-state index in [2.05, 4.69) is 12.3 Å². The van der Waals surface area contributed by atoms with Crippen LogP contribution in [0, 0.1) is 41.4 Å². The molecule has 3 N–H and O–H groups in total. The van der Waals surface area contributed by atoms with Gasteiger partial charge in [-0.15, -0.1) is 0 Å². The highest BCUT2D eigenvalue weighted by Crippen LogP contribution is 2.58. The summed E-state index contributed by atoms with van der Waals surface area (Å²) in [6, 6.07) is 0.620. The minimum absolute atomic E-state index is 0.620. The molecular weight excluding hydrogens is 256 g/mol.